The first-order valence-corrected chi connectivity index (χ1v) is 6.56. The van der Waals surface area contributed by atoms with Gasteiger partial charge < -0.3 is 21.3 Å². The molecule has 2 atom stereocenters. The lowest BCUT2D eigenvalue weighted by molar-refractivity contribution is -0.142. The van der Waals surface area contributed by atoms with Crippen molar-refractivity contribution in [3.63, 3.8) is 0 Å². The van der Waals surface area contributed by atoms with Crippen LogP contribution in [-0.2, 0) is 14.4 Å². The van der Waals surface area contributed by atoms with Gasteiger partial charge in [0.15, 0.2) is 0 Å². The summed E-state index contributed by atoms with van der Waals surface area (Å²) in [6.45, 7) is -0.137. The number of carbonyl (C=O) groups excluding carboxylic acids is 2. The van der Waals surface area contributed by atoms with Gasteiger partial charge in [-0.15, -0.1) is 0 Å². The Labute approximate surface area is 117 Å². The number of carbonyl (C=O) groups is 3. The van der Waals surface area contributed by atoms with Gasteiger partial charge in [-0.1, -0.05) is 0 Å². The summed E-state index contributed by atoms with van der Waals surface area (Å²) in [6.07, 6.45) is 0.642. The summed E-state index contributed by atoms with van der Waals surface area (Å²) in [7, 11) is 0. The zero-order chi connectivity index (χ0) is 14.8. The monoisotopic (exact) mass is 292 g/mol. The Morgan fingerprint density at radius 2 is 1.95 bits per heavy atom. The van der Waals surface area contributed by atoms with E-state index in [4.69, 9.17) is 15.9 Å². The first-order valence-electron chi connectivity index (χ1n) is 5.92. The maximum absolute atomic E-state index is 11.7. The third-order valence-corrected chi connectivity index (χ3v) is 2.89. The van der Waals surface area contributed by atoms with Crippen molar-refractivity contribution in [1.82, 2.24) is 5.32 Å². The number of hydrogen-bond acceptors (Lipinski definition) is 6. The number of rotatable bonds is 10. The van der Waals surface area contributed by atoms with Crippen molar-refractivity contribution in [3.8, 4) is 0 Å². The molecule has 0 radical (unpaired) electrons. The van der Waals surface area contributed by atoms with E-state index in [0.717, 1.165) is 0 Å². The molecule has 110 valence electrons. The van der Waals surface area contributed by atoms with E-state index in [0.29, 0.717) is 13.0 Å². The smallest absolute Gasteiger partial charge is 0.327 e. The molecule has 0 aromatic heterocycles. The van der Waals surface area contributed by atoms with E-state index < -0.39 is 30.4 Å². The summed E-state index contributed by atoms with van der Waals surface area (Å²) in [5, 5.41) is 20.1. The van der Waals surface area contributed by atoms with Crippen LogP contribution in [0.2, 0.25) is 0 Å². The minimum Gasteiger partial charge on any atom is -0.480 e. The van der Waals surface area contributed by atoms with Crippen molar-refractivity contribution in [1.29, 1.82) is 0 Å². The minimum absolute atomic E-state index is 0.0691. The van der Waals surface area contributed by atoms with Crippen molar-refractivity contribution < 1.29 is 24.6 Å². The highest BCUT2D eigenvalue weighted by Crippen LogP contribution is 2.07. The van der Waals surface area contributed by atoms with Crippen LogP contribution in [0.3, 0.4) is 0 Å². The maximum atomic E-state index is 11.7. The number of amides is 1. The number of aliphatic carboxylic acids is 1. The van der Waals surface area contributed by atoms with Gasteiger partial charge in [-0.05, 0) is 13.0 Å². The first kappa shape index (κ1) is 17.9. The van der Waals surface area contributed by atoms with E-state index >= 15 is 0 Å². The van der Waals surface area contributed by atoms with Gasteiger partial charge in [0.1, 0.15) is 11.8 Å². The van der Waals surface area contributed by atoms with Crippen LogP contribution >= 0.6 is 12.6 Å². The minimum atomic E-state index is -1.21. The molecule has 0 heterocycles. The topological polar surface area (TPSA) is 130 Å². The summed E-state index contributed by atoms with van der Waals surface area (Å²) in [6, 6.07) is -1.14. The molecule has 8 heteroatoms. The molecule has 0 bridgehead atoms. The van der Waals surface area contributed by atoms with Gasteiger partial charge in [0.25, 0.3) is 0 Å². The number of aliphatic hydroxyl groups is 1. The summed E-state index contributed by atoms with van der Waals surface area (Å²) in [5.74, 6) is -3.07. The lowest BCUT2D eigenvalue weighted by Crippen LogP contribution is -2.46. The number of ketones is 1. The Morgan fingerprint density at radius 1 is 1.32 bits per heavy atom. The molecule has 0 spiro atoms. The van der Waals surface area contributed by atoms with Crippen molar-refractivity contribution in [2.24, 2.45) is 11.7 Å². The molecule has 0 fully saturated rings. The number of hydrogen-bond donors (Lipinski definition) is 5. The average Bonchev–Trinajstić information content (AvgIpc) is 2.38. The predicted molar refractivity (Wildman–Crippen MR) is 71.9 cm³/mol. The lowest BCUT2D eigenvalue weighted by atomic mass is 9.99. The number of Topliss-reactive ketones (excluding diaryl/α,β-unsaturated/α-hetero) is 1. The van der Waals surface area contributed by atoms with E-state index in [1.54, 1.807) is 0 Å². The Kier molecular flexibility index (Phi) is 9.19. The van der Waals surface area contributed by atoms with Crippen LogP contribution in [-0.4, -0.2) is 52.8 Å². The van der Waals surface area contributed by atoms with Gasteiger partial charge in [0.2, 0.25) is 5.91 Å². The highest BCUT2D eigenvalue weighted by molar-refractivity contribution is 7.80. The number of nitrogens with one attached hydrogen (secondary N) is 1. The molecule has 0 aliphatic rings. The number of nitrogens with two attached hydrogens (primary N) is 1. The van der Waals surface area contributed by atoms with Gasteiger partial charge in [-0.2, -0.15) is 12.6 Å². The van der Waals surface area contributed by atoms with Crippen LogP contribution in [0, 0.1) is 5.92 Å². The van der Waals surface area contributed by atoms with E-state index in [2.05, 4.69) is 17.9 Å². The number of carboxylic acids is 1. The third kappa shape index (κ3) is 7.14. The third-order valence-electron chi connectivity index (χ3n) is 2.52. The molecule has 0 saturated carbocycles. The predicted octanol–water partition coefficient (Wildman–Crippen LogP) is -1.21. The molecule has 0 aromatic rings. The van der Waals surface area contributed by atoms with Gasteiger partial charge in [-0.3, -0.25) is 9.59 Å². The van der Waals surface area contributed by atoms with Crippen LogP contribution in [0.4, 0.5) is 0 Å². The zero-order valence-corrected chi connectivity index (χ0v) is 11.4. The Bertz CT molecular complexity index is 324. The normalized spacial score (nSPS) is 13.6. The number of aliphatic hydroxyl groups excluding tert-OH is 1. The molecular formula is C11H20N2O5S. The average molecular weight is 292 g/mol. The first-order chi connectivity index (χ1) is 8.96. The molecule has 5 N–H and O–H groups in total. The fourth-order valence-corrected chi connectivity index (χ4v) is 1.64. The summed E-state index contributed by atoms with van der Waals surface area (Å²) >= 11 is 3.80. The molecule has 0 aromatic carbocycles. The van der Waals surface area contributed by atoms with E-state index in [1.807, 2.05) is 0 Å². The van der Waals surface area contributed by atoms with Crippen LogP contribution in [0.15, 0.2) is 0 Å². The number of thiol groups is 1. The fourth-order valence-electron chi connectivity index (χ4n) is 1.39. The van der Waals surface area contributed by atoms with Crippen LogP contribution < -0.4 is 11.1 Å². The van der Waals surface area contributed by atoms with Crippen molar-refractivity contribution >= 4 is 30.3 Å². The van der Waals surface area contributed by atoms with Crippen LogP contribution in [0.25, 0.3) is 0 Å². The summed E-state index contributed by atoms with van der Waals surface area (Å²) in [4.78, 5) is 33.9. The molecular weight excluding hydrogens is 272 g/mol. The Balaban J connectivity index is 4.38. The lowest BCUT2D eigenvalue weighted by Gasteiger charge is -2.17. The van der Waals surface area contributed by atoms with E-state index in [-0.39, 0.29) is 24.4 Å². The molecule has 1 amide bonds. The summed E-state index contributed by atoms with van der Waals surface area (Å²) < 4.78 is 0. The molecule has 0 rings (SSSR count). The highest BCUT2D eigenvalue weighted by Gasteiger charge is 2.25. The van der Waals surface area contributed by atoms with Crippen LogP contribution in [0.1, 0.15) is 19.3 Å². The molecule has 0 aliphatic carbocycles. The fraction of sp³-hybridized carbons (Fsp3) is 0.727. The largest absolute Gasteiger partial charge is 0.480 e. The van der Waals surface area contributed by atoms with Gasteiger partial charge in [0, 0.05) is 18.6 Å². The Morgan fingerprint density at radius 3 is 2.37 bits per heavy atom. The zero-order valence-electron chi connectivity index (χ0n) is 10.5. The van der Waals surface area contributed by atoms with E-state index in [9.17, 15) is 14.4 Å². The molecule has 0 saturated heterocycles. The van der Waals surface area contributed by atoms with E-state index in [1.165, 1.54) is 0 Å². The quantitative estimate of drug-likeness (QED) is 0.321. The molecule has 19 heavy (non-hydrogen) atoms. The van der Waals surface area contributed by atoms with Gasteiger partial charge >= 0.3 is 5.97 Å². The highest BCUT2D eigenvalue weighted by atomic mass is 32.1. The standard InChI is InChI=1S/C11H20N2O5S/c12-3-1-2-8(15)4-7(5-14)10(16)13-9(6-19)11(17)18/h7,9,14,19H,1-6,12H2,(H,13,16)(H,17,18)/t7-,9-/m0/s1. The summed E-state index contributed by atoms with van der Waals surface area (Å²) in [5.41, 5.74) is 5.26. The maximum Gasteiger partial charge on any atom is 0.327 e. The van der Waals surface area contributed by atoms with Gasteiger partial charge in [0.05, 0.1) is 12.5 Å². The van der Waals surface area contributed by atoms with Crippen molar-refractivity contribution in [2.45, 2.75) is 25.3 Å². The second-order valence-corrected chi connectivity index (χ2v) is 4.46. The van der Waals surface area contributed by atoms with Crippen molar-refractivity contribution in [3.05, 3.63) is 0 Å². The SMILES string of the molecule is NCCCC(=O)C[C@@H](CO)C(=O)N[C@@H](CS)C(=O)O. The van der Waals surface area contributed by atoms with Crippen molar-refractivity contribution in [2.75, 3.05) is 18.9 Å². The molecule has 0 aliphatic heterocycles. The van der Waals surface area contributed by atoms with Gasteiger partial charge in [-0.25, -0.2) is 4.79 Å². The number of carboxylic acid groups (broad SMARTS) is 1. The molecule has 0 unspecified atom stereocenters. The molecule has 7 nitrogen and oxygen atoms in total. The second-order valence-electron chi connectivity index (χ2n) is 4.10. The second kappa shape index (κ2) is 9.76. The van der Waals surface area contributed by atoms with Crippen LogP contribution in [0.5, 0.6) is 0 Å². The Hall–Kier alpha value is -1.12.